The summed E-state index contributed by atoms with van der Waals surface area (Å²) in [6, 6.07) is 0.237. The maximum atomic E-state index is 13.1. The Hall–Kier alpha value is -2.54. The van der Waals surface area contributed by atoms with E-state index in [0.717, 1.165) is 79.9 Å². The first-order chi connectivity index (χ1) is 16.5. The number of piperidine rings is 1. The van der Waals surface area contributed by atoms with Gasteiger partial charge in [-0.15, -0.1) is 0 Å². The van der Waals surface area contributed by atoms with Crippen LogP contribution in [0.2, 0.25) is 0 Å². The summed E-state index contributed by atoms with van der Waals surface area (Å²) in [5, 5.41) is 17.1. The highest BCUT2D eigenvalue weighted by molar-refractivity contribution is 6.36. The lowest BCUT2D eigenvalue weighted by atomic mass is 9.52. The number of hydrogen-bond donors (Lipinski definition) is 1. The van der Waals surface area contributed by atoms with Gasteiger partial charge in [0.2, 0.25) is 5.78 Å². The Bertz CT molecular complexity index is 1210. The average molecular weight is 461 g/mol. The van der Waals surface area contributed by atoms with Crippen molar-refractivity contribution in [2.45, 2.75) is 75.9 Å². The minimum Gasteiger partial charge on any atom is -0.390 e. The smallest absolute Gasteiger partial charge is 0.290 e. The van der Waals surface area contributed by atoms with Crippen LogP contribution < -0.4 is 0 Å². The molecule has 5 aliphatic carbocycles. The number of likely N-dealkylation sites (tertiary alicyclic amines) is 1. The Morgan fingerprint density at radius 2 is 1.85 bits per heavy atom. The number of carbonyl (C=O) groups is 2. The summed E-state index contributed by atoms with van der Waals surface area (Å²) in [7, 11) is 0. The van der Waals surface area contributed by atoms with Gasteiger partial charge < -0.3 is 10.0 Å². The molecular weight excluding hydrogens is 428 g/mol. The van der Waals surface area contributed by atoms with Gasteiger partial charge in [-0.1, -0.05) is 12.2 Å². The topological polar surface area (TPSA) is 88.3 Å². The number of aromatic nitrogens is 3. The first-order valence-electron chi connectivity index (χ1n) is 13.1. The first kappa shape index (κ1) is 20.8. The molecule has 1 saturated heterocycles. The highest BCUT2D eigenvalue weighted by Gasteiger charge is 2.56. The van der Waals surface area contributed by atoms with Crippen molar-refractivity contribution in [1.82, 2.24) is 19.7 Å². The third-order valence-electron chi connectivity index (χ3n) is 9.22. The van der Waals surface area contributed by atoms with E-state index in [0.29, 0.717) is 36.5 Å². The van der Waals surface area contributed by atoms with Gasteiger partial charge in [0, 0.05) is 36.7 Å². The maximum Gasteiger partial charge on any atom is 0.290 e. The summed E-state index contributed by atoms with van der Waals surface area (Å²) in [5.41, 5.74) is 3.40. The van der Waals surface area contributed by atoms with Crippen molar-refractivity contribution in [3.8, 4) is 0 Å². The van der Waals surface area contributed by atoms with Crippen LogP contribution in [-0.2, 0) is 22.4 Å². The lowest BCUT2D eigenvalue weighted by Crippen LogP contribution is -2.55. The molecule has 34 heavy (non-hydrogen) atoms. The summed E-state index contributed by atoms with van der Waals surface area (Å²) in [5.74, 6) is 0.701. The zero-order valence-electron chi connectivity index (χ0n) is 19.6. The average Bonchev–Trinajstić information content (AvgIpc) is 3.42. The van der Waals surface area contributed by atoms with Gasteiger partial charge in [0.15, 0.2) is 0 Å². The second-order valence-corrected chi connectivity index (χ2v) is 11.5. The molecule has 2 aromatic rings. The van der Waals surface area contributed by atoms with Crippen LogP contribution in [0.25, 0.3) is 17.0 Å². The maximum absolute atomic E-state index is 13.1. The molecule has 7 heteroatoms. The number of nitrogens with zero attached hydrogens (tertiary/aromatic N) is 4. The van der Waals surface area contributed by atoms with Crippen molar-refractivity contribution >= 4 is 28.7 Å². The number of pyridine rings is 1. The molecule has 1 aliphatic heterocycles. The Morgan fingerprint density at radius 3 is 2.59 bits per heavy atom. The van der Waals surface area contributed by atoms with E-state index < -0.39 is 5.60 Å². The second-order valence-electron chi connectivity index (χ2n) is 11.5. The van der Waals surface area contributed by atoms with E-state index in [4.69, 9.17) is 5.10 Å². The molecule has 8 rings (SSSR count). The van der Waals surface area contributed by atoms with Gasteiger partial charge in [0.1, 0.15) is 0 Å². The third-order valence-corrected chi connectivity index (χ3v) is 9.22. The van der Waals surface area contributed by atoms with Gasteiger partial charge in [0.05, 0.1) is 35.0 Å². The standard InChI is InChI=1S/C27H32N4O3/c32-23(26(33)30-7-2-1-3-8-30)11-22-20-15-28-21-6-4-5-19(21)25(20)31(29-22)24-17-9-16-10-18(24)14-27(34,12-16)13-17/h4-5,15-18,24,34H,1-3,6-14H2/t16?,17-,18+,24?,27?. The van der Waals surface area contributed by atoms with Crippen LogP contribution in [0.1, 0.15) is 74.4 Å². The van der Waals surface area contributed by atoms with Crippen LogP contribution in [0, 0.1) is 17.8 Å². The van der Waals surface area contributed by atoms with Crippen LogP contribution in [0.5, 0.6) is 0 Å². The Labute approximate surface area is 199 Å². The number of allylic oxidation sites excluding steroid dienone is 1. The van der Waals surface area contributed by atoms with Gasteiger partial charge in [-0.25, -0.2) is 0 Å². The molecule has 3 heterocycles. The zero-order valence-corrected chi connectivity index (χ0v) is 19.6. The number of ketones is 1. The summed E-state index contributed by atoms with van der Waals surface area (Å²) in [6.07, 6.45) is 15.0. The Morgan fingerprint density at radius 1 is 1.09 bits per heavy atom. The van der Waals surface area contributed by atoms with Crippen molar-refractivity contribution < 1.29 is 14.7 Å². The number of hydrogen-bond acceptors (Lipinski definition) is 5. The molecule has 6 aliphatic rings. The highest BCUT2D eigenvalue weighted by atomic mass is 16.3. The van der Waals surface area contributed by atoms with E-state index in [9.17, 15) is 14.7 Å². The van der Waals surface area contributed by atoms with E-state index in [2.05, 4.69) is 21.8 Å². The SMILES string of the molecule is O=C(Cc1nn(C2[C@@H]3CC4C[C@H]2CC(O)(C4)C3)c2c3c(ncc12)CC=C3)C(=O)N1CCCCC1. The van der Waals surface area contributed by atoms with Crippen LogP contribution in [-0.4, -0.2) is 55.2 Å². The fourth-order valence-electron chi connectivity index (χ4n) is 8.07. The van der Waals surface area contributed by atoms with E-state index in [1.807, 2.05) is 6.20 Å². The van der Waals surface area contributed by atoms with Crippen LogP contribution in [0.15, 0.2) is 12.3 Å². The Balaban J connectivity index is 1.28. The normalized spacial score (nSPS) is 33.6. The van der Waals surface area contributed by atoms with E-state index in [1.165, 1.54) is 0 Å². The molecule has 4 saturated carbocycles. The van der Waals surface area contributed by atoms with Gasteiger partial charge in [-0.05, 0) is 69.1 Å². The molecule has 4 bridgehead atoms. The number of rotatable bonds is 4. The van der Waals surface area contributed by atoms with Crippen molar-refractivity contribution in [1.29, 1.82) is 0 Å². The van der Waals surface area contributed by atoms with Gasteiger partial charge in [-0.2, -0.15) is 5.10 Å². The molecule has 7 nitrogen and oxygen atoms in total. The minimum absolute atomic E-state index is 0.0254. The second kappa shape index (κ2) is 7.48. The van der Waals surface area contributed by atoms with Gasteiger partial charge in [0.25, 0.3) is 5.91 Å². The summed E-state index contributed by atoms with van der Waals surface area (Å²) < 4.78 is 2.19. The number of carbonyl (C=O) groups excluding carboxylic acids is 2. The predicted molar refractivity (Wildman–Crippen MR) is 127 cm³/mol. The zero-order chi connectivity index (χ0) is 23.0. The minimum atomic E-state index is -0.501. The molecule has 1 amide bonds. The largest absolute Gasteiger partial charge is 0.390 e. The fourth-order valence-corrected chi connectivity index (χ4v) is 8.07. The summed E-state index contributed by atoms with van der Waals surface area (Å²) in [6.45, 7) is 1.35. The van der Waals surface area contributed by atoms with E-state index in [-0.39, 0.29) is 24.2 Å². The molecule has 5 atom stereocenters. The molecule has 1 N–H and O–H groups in total. The Kier molecular flexibility index (Phi) is 4.57. The number of fused-ring (bicyclic) bond motifs is 3. The lowest BCUT2D eigenvalue weighted by molar-refractivity contribution is -0.148. The van der Waals surface area contributed by atoms with Crippen LogP contribution in [0.3, 0.4) is 0 Å². The number of aliphatic hydroxyl groups is 1. The van der Waals surface area contributed by atoms with E-state index >= 15 is 0 Å². The highest BCUT2D eigenvalue weighted by Crippen LogP contribution is 2.60. The molecule has 0 spiro atoms. The molecule has 2 aromatic heterocycles. The molecule has 3 unspecified atom stereocenters. The molecule has 5 fully saturated rings. The number of amides is 1. The quantitative estimate of drug-likeness (QED) is 0.708. The molecule has 0 aromatic carbocycles. The van der Waals surface area contributed by atoms with Crippen LogP contribution >= 0.6 is 0 Å². The van der Waals surface area contributed by atoms with Crippen molar-refractivity contribution in [3.63, 3.8) is 0 Å². The summed E-state index contributed by atoms with van der Waals surface area (Å²) >= 11 is 0. The van der Waals surface area contributed by atoms with Crippen molar-refractivity contribution in [3.05, 3.63) is 29.2 Å². The first-order valence-corrected chi connectivity index (χ1v) is 13.1. The lowest BCUT2D eigenvalue weighted by Gasteiger charge is -2.58. The van der Waals surface area contributed by atoms with E-state index in [1.54, 1.807) is 4.90 Å². The number of Topliss-reactive ketones (excluding diaryl/α,β-unsaturated/α-hetero) is 1. The third kappa shape index (κ3) is 3.12. The summed E-state index contributed by atoms with van der Waals surface area (Å²) in [4.78, 5) is 32.3. The molecule has 0 radical (unpaired) electrons. The molecule has 178 valence electrons. The van der Waals surface area contributed by atoms with Crippen molar-refractivity contribution in [2.75, 3.05) is 13.1 Å². The predicted octanol–water partition coefficient (Wildman–Crippen LogP) is 3.24. The molecular formula is C27H32N4O3. The fraction of sp³-hybridized carbons (Fsp3) is 0.630. The van der Waals surface area contributed by atoms with Gasteiger partial charge in [-0.3, -0.25) is 19.3 Å². The van der Waals surface area contributed by atoms with Gasteiger partial charge >= 0.3 is 0 Å². The monoisotopic (exact) mass is 460 g/mol. The van der Waals surface area contributed by atoms with Crippen LogP contribution in [0.4, 0.5) is 0 Å². The van der Waals surface area contributed by atoms with Crippen molar-refractivity contribution in [2.24, 2.45) is 17.8 Å².